The van der Waals surface area contributed by atoms with Crippen molar-refractivity contribution in [3.8, 4) is 16.8 Å². The van der Waals surface area contributed by atoms with Crippen LogP contribution in [0.4, 0.5) is 4.79 Å². The number of aryl methyl sites for hydroxylation is 3. The van der Waals surface area contributed by atoms with Crippen LogP contribution in [-0.4, -0.2) is 35.8 Å². The van der Waals surface area contributed by atoms with Gasteiger partial charge in [0.15, 0.2) is 6.03 Å². The molecule has 36 heavy (non-hydrogen) atoms. The molecule has 2 heterocycles. The van der Waals surface area contributed by atoms with Gasteiger partial charge in [0, 0.05) is 16.1 Å². The number of nitrogens with one attached hydrogen (secondary N) is 1. The van der Waals surface area contributed by atoms with Gasteiger partial charge in [0.2, 0.25) is 14.4 Å². The molecule has 4 rings (SSSR count). The van der Waals surface area contributed by atoms with E-state index in [0.717, 1.165) is 50.0 Å². The van der Waals surface area contributed by atoms with Crippen molar-refractivity contribution < 1.29 is 42.8 Å². The van der Waals surface area contributed by atoms with Crippen LogP contribution < -0.4 is 34.9 Å². The number of hydrogen-bond donors (Lipinski definition) is 1. The van der Waals surface area contributed by atoms with E-state index in [1.165, 1.54) is 0 Å². The Hall–Kier alpha value is -2.50. The van der Waals surface area contributed by atoms with E-state index in [2.05, 4.69) is 34.1 Å². The number of sulfonamides is 1. The molecule has 182 valence electrons. The van der Waals surface area contributed by atoms with Crippen LogP contribution in [0.5, 0.6) is 0 Å². The summed E-state index contributed by atoms with van der Waals surface area (Å²) < 4.78 is 29.6. The molecule has 0 aliphatic rings. The van der Waals surface area contributed by atoms with Crippen LogP contribution in [-0.2, 0) is 16.4 Å². The number of rotatable bonds is 7. The summed E-state index contributed by atoms with van der Waals surface area (Å²) >= 11 is 1.01. The zero-order chi connectivity index (χ0) is 25.2. The van der Waals surface area contributed by atoms with Gasteiger partial charge in [-0.05, 0) is 63.9 Å². The SMILES string of the molecule is Cc1nc(S(=O)(=O)[N-]C(=O)NCCc2ccc(-n3nc(C)c(-c4ccccc4)c3C)cc2)sc1C.[Na+]. The van der Waals surface area contributed by atoms with Gasteiger partial charge in [-0.15, -0.1) is 11.3 Å². The van der Waals surface area contributed by atoms with Crippen molar-refractivity contribution in [3.05, 3.63) is 86.8 Å². The Bertz CT molecular complexity index is 1440. The van der Waals surface area contributed by atoms with Crippen molar-refractivity contribution in [1.29, 1.82) is 0 Å². The number of amides is 2. The topological polar surface area (TPSA) is 108 Å². The molecule has 0 fully saturated rings. The molecule has 0 unspecified atom stereocenters. The van der Waals surface area contributed by atoms with Crippen molar-refractivity contribution in [3.63, 3.8) is 0 Å². The fraction of sp³-hybridized carbons (Fsp3) is 0.240. The Morgan fingerprint density at radius 2 is 1.67 bits per heavy atom. The molecule has 0 atom stereocenters. The molecular weight excluding hydrogens is 505 g/mol. The van der Waals surface area contributed by atoms with Crippen LogP contribution in [0, 0.1) is 27.7 Å². The summed E-state index contributed by atoms with van der Waals surface area (Å²) in [5, 5.41) is 7.26. The Labute approximate surface area is 237 Å². The van der Waals surface area contributed by atoms with E-state index in [9.17, 15) is 13.2 Å². The zero-order valence-corrected chi connectivity index (χ0v) is 24.6. The molecule has 0 saturated carbocycles. The minimum atomic E-state index is -4.11. The third kappa shape index (κ3) is 6.24. The maximum Gasteiger partial charge on any atom is 1.00 e. The molecule has 0 bridgehead atoms. The Morgan fingerprint density at radius 3 is 2.28 bits per heavy atom. The van der Waals surface area contributed by atoms with Crippen LogP contribution >= 0.6 is 11.3 Å². The van der Waals surface area contributed by atoms with E-state index in [1.54, 1.807) is 13.8 Å². The maximum absolute atomic E-state index is 12.3. The summed E-state index contributed by atoms with van der Waals surface area (Å²) in [6.45, 7) is 7.80. The van der Waals surface area contributed by atoms with Crippen LogP contribution in [0.15, 0.2) is 58.9 Å². The average Bonchev–Trinajstić information content (AvgIpc) is 3.32. The first-order valence-electron chi connectivity index (χ1n) is 11.1. The molecule has 2 aromatic carbocycles. The number of thiazole rings is 1. The number of carbonyl (C=O) groups is 1. The fourth-order valence-electron chi connectivity index (χ4n) is 3.77. The largest absolute Gasteiger partial charge is 1.00 e. The molecule has 0 spiro atoms. The molecule has 4 aromatic rings. The third-order valence-corrected chi connectivity index (χ3v) is 8.35. The Morgan fingerprint density at radius 1 is 1.00 bits per heavy atom. The van der Waals surface area contributed by atoms with E-state index >= 15 is 0 Å². The van der Waals surface area contributed by atoms with Crippen LogP contribution in [0.3, 0.4) is 0 Å². The first kappa shape index (κ1) is 28.1. The van der Waals surface area contributed by atoms with E-state index in [0.29, 0.717) is 12.1 Å². The summed E-state index contributed by atoms with van der Waals surface area (Å²) in [7, 11) is -4.11. The molecule has 11 heteroatoms. The molecule has 0 radical (unpaired) electrons. The third-order valence-electron chi connectivity index (χ3n) is 5.66. The summed E-state index contributed by atoms with van der Waals surface area (Å²) in [4.78, 5) is 16.8. The fourth-order valence-corrected chi connectivity index (χ4v) is 5.93. The summed E-state index contributed by atoms with van der Waals surface area (Å²) in [5.41, 5.74) is 6.82. The molecule has 0 aliphatic heterocycles. The first-order chi connectivity index (χ1) is 16.7. The second-order valence-corrected chi connectivity index (χ2v) is 11.1. The quantitative estimate of drug-likeness (QED) is 0.368. The first-order valence-corrected chi connectivity index (χ1v) is 13.3. The molecule has 1 N–H and O–H groups in total. The number of hydrogen-bond acceptors (Lipinski definition) is 6. The molecule has 0 saturated heterocycles. The van der Waals surface area contributed by atoms with Crippen LogP contribution in [0.1, 0.15) is 27.5 Å². The number of nitrogens with zero attached hydrogens (tertiary/aromatic N) is 4. The molecule has 2 amide bonds. The summed E-state index contributed by atoms with van der Waals surface area (Å²) in [6.07, 6.45) is 0.531. The number of benzene rings is 2. The smallest absolute Gasteiger partial charge is 0.448 e. The van der Waals surface area contributed by atoms with E-state index in [-0.39, 0.29) is 40.4 Å². The van der Waals surface area contributed by atoms with Crippen molar-refractivity contribution >= 4 is 27.4 Å². The van der Waals surface area contributed by atoms with Gasteiger partial charge in [0.1, 0.15) is 0 Å². The van der Waals surface area contributed by atoms with E-state index < -0.39 is 16.1 Å². The number of carbonyl (C=O) groups excluding carboxylic acids is 1. The van der Waals surface area contributed by atoms with Crippen molar-refractivity contribution in [1.82, 2.24) is 20.1 Å². The van der Waals surface area contributed by atoms with Crippen molar-refractivity contribution in [2.45, 2.75) is 38.5 Å². The standard InChI is InChI=1S/C25H27N5O3S2.Na/c1-16-19(4)34-25(27-16)35(32,33)29-24(31)26-15-14-20-10-12-22(13-11-20)30-18(3)23(17(2)28-30)21-8-6-5-7-9-21;/h5-13H,14-15H2,1-4H3,(H2,26,29,31);/q;+1/p-1. The second kappa shape index (κ2) is 11.7. The zero-order valence-electron chi connectivity index (χ0n) is 20.9. The number of urea groups is 1. The van der Waals surface area contributed by atoms with Gasteiger partial charge in [-0.3, -0.25) is 4.79 Å². The second-order valence-electron chi connectivity index (χ2n) is 8.16. The van der Waals surface area contributed by atoms with Gasteiger partial charge in [-0.2, -0.15) is 5.10 Å². The van der Waals surface area contributed by atoms with Gasteiger partial charge < -0.3 is 10.0 Å². The minimum Gasteiger partial charge on any atom is -0.448 e. The van der Waals surface area contributed by atoms with Gasteiger partial charge in [0.05, 0.1) is 17.1 Å². The maximum atomic E-state index is 12.3. The molecule has 8 nitrogen and oxygen atoms in total. The van der Waals surface area contributed by atoms with Crippen molar-refractivity contribution in [2.24, 2.45) is 0 Å². The molecule has 0 aliphatic carbocycles. The van der Waals surface area contributed by atoms with Gasteiger partial charge in [-0.1, -0.05) is 42.5 Å². The monoisotopic (exact) mass is 531 g/mol. The van der Waals surface area contributed by atoms with Gasteiger partial charge >= 0.3 is 29.6 Å². The van der Waals surface area contributed by atoms with Gasteiger partial charge in [-0.25, -0.2) is 18.1 Å². The minimum absolute atomic E-state index is 0. The molecular formula is C25H26N5NaO3S2. The predicted molar refractivity (Wildman–Crippen MR) is 138 cm³/mol. The summed E-state index contributed by atoms with van der Waals surface area (Å²) in [6, 6.07) is 17.2. The Kier molecular flexibility index (Phi) is 9.13. The van der Waals surface area contributed by atoms with Crippen LogP contribution in [0.25, 0.3) is 21.5 Å². The molecule has 2 aromatic heterocycles. The van der Waals surface area contributed by atoms with Crippen LogP contribution in [0.2, 0.25) is 0 Å². The van der Waals surface area contributed by atoms with E-state index in [4.69, 9.17) is 5.10 Å². The average molecular weight is 532 g/mol. The predicted octanol–water partition coefficient (Wildman–Crippen LogP) is 2.25. The van der Waals surface area contributed by atoms with E-state index in [1.807, 2.05) is 54.1 Å². The van der Waals surface area contributed by atoms with Crippen molar-refractivity contribution in [2.75, 3.05) is 6.54 Å². The normalized spacial score (nSPS) is 11.1. The Balaban J connectivity index is 0.00000361. The van der Waals surface area contributed by atoms with Gasteiger partial charge in [0.25, 0.3) is 0 Å². The number of aromatic nitrogens is 3. The summed E-state index contributed by atoms with van der Waals surface area (Å²) in [5.74, 6) is 0.